The molecule has 1 aliphatic rings. The van der Waals surface area contributed by atoms with Crippen LogP contribution in [0.3, 0.4) is 0 Å². The summed E-state index contributed by atoms with van der Waals surface area (Å²) in [4.78, 5) is 2.59. The van der Waals surface area contributed by atoms with E-state index in [1.165, 1.54) is 18.4 Å². The molecule has 2 rings (SSSR count). The lowest BCUT2D eigenvalue weighted by Gasteiger charge is -2.23. The van der Waals surface area contributed by atoms with Gasteiger partial charge in [-0.2, -0.15) is 16.6 Å². The van der Waals surface area contributed by atoms with Crippen LogP contribution in [-0.2, 0) is 6.54 Å². The summed E-state index contributed by atoms with van der Waals surface area (Å²) in [6.07, 6.45) is 4.83. The van der Waals surface area contributed by atoms with Crippen molar-refractivity contribution in [1.82, 2.24) is 4.90 Å². The molecule has 2 nitrogen and oxygen atoms in total. The second-order valence-electron chi connectivity index (χ2n) is 5.93. The van der Waals surface area contributed by atoms with Gasteiger partial charge in [0, 0.05) is 12.6 Å². The molecule has 0 atom stereocenters. The molecule has 1 aromatic heterocycles. The van der Waals surface area contributed by atoms with Gasteiger partial charge in [0.15, 0.2) is 0 Å². The van der Waals surface area contributed by atoms with Crippen molar-refractivity contribution in [3.63, 3.8) is 0 Å². The van der Waals surface area contributed by atoms with E-state index >= 15 is 0 Å². The molecule has 0 spiro atoms. The Morgan fingerprint density at radius 2 is 2.28 bits per heavy atom. The lowest BCUT2D eigenvalue weighted by atomic mass is 9.90. The summed E-state index contributed by atoms with van der Waals surface area (Å²) in [5.74, 6) is 0. The SMILES string of the molecule is CC(C)(C#N)CCCN(Cc1ccsc1)C1CC1. The molecule has 0 bridgehead atoms. The Labute approximate surface area is 114 Å². The molecule has 0 amide bonds. The Hall–Kier alpha value is -0.850. The van der Waals surface area contributed by atoms with E-state index in [4.69, 9.17) is 5.26 Å². The first-order valence-electron chi connectivity index (χ1n) is 6.77. The van der Waals surface area contributed by atoms with Crippen LogP contribution in [0.15, 0.2) is 16.8 Å². The van der Waals surface area contributed by atoms with Crippen LogP contribution in [0.1, 0.15) is 45.1 Å². The minimum Gasteiger partial charge on any atom is -0.296 e. The van der Waals surface area contributed by atoms with Crippen LogP contribution < -0.4 is 0 Å². The van der Waals surface area contributed by atoms with E-state index in [-0.39, 0.29) is 5.41 Å². The Bertz CT molecular complexity index is 399. The first-order chi connectivity index (χ1) is 8.61. The molecule has 18 heavy (non-hydrogen) atoms. The highest BCUT2D eigenvalue weighted by molar-refractivity contribution is 7.07. The Balaban J connectivity index is 1.79. The van der Waals surface area contributed by atoms with Gasteiger partial charge in [0.25, 0.3) is 0 Å². The molecule has 3 heteroatoms. The van der Waals surface area contributed by atoms with Crippen molar-refractivity contribution in [2.75, 3.05) is 6.54 Å². The monoisotopic (exact) mass is 262 g/mol. The first-order valence-corrected chi connectivity index (χ1v) is 7.71. The zero-order valence-electron chi connectivity index (χ0n) is 11.4. The van der Waals surface area contributed by atoms with E-state index in [0.29, 0.717) is 0 Å². The van der Waals surface area contributed by atoms with Crippen LogP contribution >= 0.6 is 11.3 Å². The fraction of sp³-hybridized carbons (Fsp3) is 0.667. The molecule has 0 aromatic carbocycles. The number of rotatable bonds is 7. The number of hydrogen-bond donors (Lipinski definition) is 0. The van der Waals surface area contributed by atoms with Crippen LogP contribution in [0.25, 0.3) is 0 Å². The Kier molecular flexibility index (Phi) is 4.42. The van der Waals surface area contributed by atoms with Crippen LogP contribution in [0.4, 0.5) is 0 Å². The maximum absolute atomic E-state index is 9.03. The molecule has 1 aromatic rings. The van der Waals surface area contributed by atoms with Gasteiger partial charge in [-0.05, 0) is 68.5 Å². The van der Waals surface area contributed by atoms with Crippen molar-refractivity contribution in [3.8, 4) is 6.07 Å². The highest BCUT2D eigenvalue weighted by Gasteiger charge is 2.29. The van der Waals surface area contributed by atoms with Gasteiger partial charge in [0.05, 0.1) is 11.5 Å². The van der Waals surface area contributed by atoms with Gasteiger partial charge >= 0.3 is 0 Å². The normalized spacial score (nSPS) is 15.9. The summed E-state index contributed by atoms with van der Waals surface area (Å²) in [6, 6.07) is 5.41. The largest absolute Gasteiger partial charge is 0.296 e. The van der Waals surface area contributed by atoms with E-state index in [0.717, 1.165) is 32.0 Å². The average Bonchev–Trinajstić information content (AvgIpc) is 3.07. The average molecular weight is 262 g/mol. The molecule has 0 N–H and O–H groups in total. The standard InChI is InChI=1S/C15H22N2S/c1-15(2,12-16)7-3-8-17(14-4-5-14)10-13-6-9-18-11-13/h6,9,11,14H,3-5,7-8,10H2,1-2H3. The lowest BCUT2D eigenvalue weighted by Crippen LogP contribution is -2.27. The number of nitrogens with zero attached hydrogens (tertiary/aromatic N) is 2. The third-order valence-electron chi connectivity index (χ3n) is 3.58. The molecule has 0 unspecified atom stereocenters. The zero-order chi connectivity index (χ0) is 13.0. The van der Waals surface area contributed by atoms with Crippen LogP contribution in [-0.4, -0.2) is 17.5 Å². The Morgan fingerprint density at radius 3 is 2.83 bits per heavy atom. The van der Waals surface area contributed by atoms with Gasteiger partial charge < -0.3 is 0 Å². The number of thiophene rings is 1. The summed E-state index contributed by atoms with van der Waals surface area (Å²) in [6.45, 7) is 6.29. The molecule has 1 heterocycles. The molecule has 1 fully saturated rings. The summed E-state index contributed by atoms with van der Waals surface area (Å²) >= 11 is 1.78. The molecule has 0 aliphatic heterocycles. The van der Waals surface area contributed by atoms with E-state index < -0.39 is 0 Å². The van der Waals surface area contributed by atoms with Gasteiger partial charge in [-0.1, -0.05) is 0 Å². The highest BCUT2D eigenvalue weighted by atomic mass is 32.1. The molecule has 1 aliphatic carbocycles. The van der Waals surface area contributed by atoms with Crippen LogP contribution in [0.2, 0.25) is 0 Å². The molecule has 98 valence electrons. The van der Waals surface area contributed by atoms with Gasteiger partial charge in [-0.25, -0.2) is 0 Å². The predicted octanol–water partition coefficient (Wildman–Crippen LogP) is 4.04. The van der Waals surface area contributed by atoms with E-state index in [1.807, 2.05) is 13.8 Å². The van der Waals surface area contributed by atoms with Crippen molar-refractivity contribution in [2.24, 2.45) is 5.41 Å². The molecule has 1 saturated carbocycles. The zero-order valence-corrected chi connectivity index (χ0v) is 12.2. The topological polar surface area (TPSA) is 27.0 Å². The van der Waals surface area contributed by atoms with E-state index in [2.05, 4.69) is 27.8 Å². The maximum Gasteiger partial charge on any atom is 0.0683 e. The number of nitriles is 1. The van der Waals surface area contributed by atoms with E-state index in [1.54, 1.807) is 11.3 Å². The maximum atomic E-state index is 9.03. The van der Waals surface area contributed by atoms with Gasteiger partial charge in [0.1, 0.15) is 0 Å². The van der Waals surface area contributed by atoms with Crippen LogP contribution in [0, 0.1) is 16.7 Å². The van der Waals surface area contributed by atoms with E-state index in [9.17, 15) is 0 Å². The summed E-state index contributed by atoms with van der Waals surface area (Å²) < 4.78 is 0. The van der Waals surface area contributed by atoms with Crippen molar-refractivity contribution in [2.45, 2.75) is 52.1 Å². The third-order valence-corrected chi connectivity index (χ3v) is 4.31. The summed E-state index contributed by atoms with van der Waals surface area (Å²) in [5.41, 5.74) is 1.27. The lowest BCUT2D eigenvalue weighted by molar-refractivity contribution is 0.239. The van der Waals surface area contributed by atoms with Crippen molar-refractivity contribution in [3.05, 3.63) is 22.4 Å². The van der Waals surface area contributed by atoms with Crippen LogP contribution in [0.5, 0.6) is 0 Å². The smallest absolute Gasteiger partial charge is 0.0683 e. The third kappa shape index (κ3) is 4.12. The van der Waals surface area contributed by atoms with Crippen molar-refractivity contribution in [1.29, 1.82) is 5.26 Å². The number of hydrogen-bond acceptors (Lipinski definition) is 3. The fourth-order valence-corrected chi connectivity index (χ4v) is 2.89. The van der Waals surface area contributed by atoms with Gasteiger partial charge in [-0.3, -0.25) is 4.90 Å². The molecular weight excluding hydrogens is 240 g/mol. The quantitative estimate of drug-likeness (QED) is 0.741. The molecule has 0 saturated heterocycles. The second-order valence-corrected chi connectivity index (χ2v) is 6.71. The molecule has 0 radical (unpaired) electrons. The van der Waals surface area contributed by atoms with Crippen molar-refractivity contribution >= 4 is 11.3 Å². The summed E-state index contributed by atoms with van der Waals surface area (Å²) in [5, 5.41) is 13.4. The van der Waals surface area contributed by atoms with Gasteiger partial charge in [0.2, 0.25) is 0 Å². The minimum atomic E-state index is -0.169. The highest BCUT2D eigenvalue weighted by Crippen LogP contribution is 2.30. The van der Waals surface area contributed by atoms with Crippen molar-refractivity contribution < 1.29 is 0 Å². The molecular formula is C15H22N2S. The predicted molar refractivity (Wildman–Crippen MR) is 76.4 cm³/mol. The van der Waals surface area contributed by atoms with Gasteiger partial charge in [-0.15, -0.1) is 0 Å². The summed E-state index contributed by atoms with van der Waals surface area (Å²) in [7, 11) is 0. The minimum absolute atomic E-state index is 0.169. The fourth-order valence-electron chi connectivity index (χ4n) is 2.23. The Morgan fingerprint density at radius 1 is 1.50 bits per heavy atom. The second kappa shape index (κ2) is 5.86. The first kappa shape index (κ1) is 13.6.